The molecule has 1 unspecified atom stereocenters. The van der Waals surface area contributed by atoms with Crippen LogP contribution < -0.4 is 23.7 Å². The molecule has 0 bridgehead atoms. The lowest BCUT2D eigenvalue weighted by atomic mass is 10.0. The third kappa shape index (κ3) is 7.34. The second kappa shape index (κ2) is 11.7. The van der Waals surface area contributed by atoms with E-state index in [1.807, 2.05) is 29.8 Å². The molecule has 0 spiro atoms. The fourth-order valence-corrected chi connectivity index (χ4v) is 6.57. The summed E-state index contributed by atoms with van der Waals surface area (Å²) in [5.41, 5.74) is 3.40. The number of pyridine rings is 1. The largest absolute Gasteiger partial charge is 0.486 e. The van der Waals surface area contributed by atoms with E-state index in [9.17, 15) is 21.6 Å². The van der Waals surface area contributed by atoms with Crippen LogP contribution in [0, 0.1) is 6.92 Å². The second-order valence-corrected chi connectivity index (χ2v) is 13.8. The summed E-state index contributed by atoms with van der Waals surface area (Å²) in [7, 11) is -6.88. The van der Waals surface area contributed by atoms with Gasteiger partial charge in [-0.25, -0.2) is 18.1 Å². The molecule has 5 rings (SSSR count). The fourth-order valence-electron chi connectivity index (χ4n) is 4.89. The van der Waals surface area contributed by atoms with Crippen LogP contribution in [-0.2, 0) is 31.3 Å². The third-order valence-electron chi connectivity index (χ3n) is 6.81. The van der Waals surface area contributed by atoms with Crippen LogP contribution in [0.15, 0.2) is 54.6 Å². The van der Waals surface area contributed by atoms with Crippen molar-refractivity contribution in [3.63, 3.8) is 0 Å². The van der Waals surface area contributed by atoms with Crippen LogP contribution in [0.5, 0.6) is 23.1 Å². The minimum absolute atomic E-state index is 0.0222. The topological polar surface area (TPSA) is 150 Å². The summed E-state index contributed by atoms with van der Waals surface area (Å²) in [6.45, 7) is 2.08. The van der Waals surface area contributed by atoms with Crippen molar-refractivity contribution in [2.45, 2.75) is 44.8 Å². The number of nitrogens with one attached hydrogen (secondary N) is 2. The molecule has 2 aliphatic rings. The predicted octanol–water partition coefficient (Wildman–Crippen LogP) is 3.46. The maximum absolute atomic E-state index is 11.8. The summed E-state index contributed by atoms with van der Waals surface area (Å²) in [5, 5.41) is 0. The van der Waals surface area contributed by atoms with Crippen LogP contribution in [0.25, 0.3) is 0 Å². The fraction of sp³-hybridized carbons (Fsp3) is 0.357. The molecule has 2 atom stereocenters. The average molecular weight is 602 g/mol. The Morgan fingerprint density at radius 1 is 1.05 bits per heavy atom. The molecule has 1 fully saturated rings. The molecule has 1 amide bonds. The van der Waals surface area contributed by atoms with Gasteiger partial charge in [0.05, 0.1) is 24.1 Å². The van der Waals surface area contributed by atoms with E-state index >= 15 is 0 Å². The van der Waals surface area contributed by atoms with E-state index in [1.165, 1.54) is 6.26 Å². The number of hydrogen-bond donors (Lipinski definition) is 2. The summed E-state index contributed by atoms with van der Waals surface area (Å²) >= 11 is 0. The first-order chi connectivity index (χ1) is 19.5. The van der Waals surface area contributed by atoms with Gasteiger partial charge in [-0.05, 0) is 61.6 Å². The summed E-state index contributed by atoms with van der Waals surface area (Å²) in [5.74, 6) is 1.87. The molecular formula is C28H31N3O8S2. The van der Waals surface area contributed by atoms with Gasteiger partial charge in [0.15, 0.2) is 0 Å². The lowest BCUT2D eigenvalue weighted by molar-refractivity contribution is -0.120. The smallest absolute Gasteiger partial charge is 0.301 e. The van der Waals surface area contributed by atoms with Crippen molar-refractivity contribution in [2.24, 2.45) is 0 Å². The van der Waals surface area contributed by atoms with Crippen molar-refractivity contribution in [3.05, 3.63) is 77.0 Å². The summed E-state index contributed by atoms with van der Waals surface area (Å²) in [6.07, 6.45) is 2.96. The van der Waals surface area contributed by atoms with Gasteiger partial charge in [-0.1, -0.05) is 24.3 Å². The van der Waals surface area contributed by atoms with Crippen molar-refractivity contribution in [3.8, 4) is 23.1 Å². The number of aryl methyl sites for hydroxylation is 1. The minimum Gasteiger partial charge on any atom is -0.486 e. The number of rotatable bonds is 10. The number of benzene rings is 2. The number of amides is 1. The molecular weight excluding hydrogens is 570 g/mol. The Labute approximate surface area is 239 Å². The van der Waals surface area contributed by atoms with Crippen molar-refractivity contribution < 1.29 is 35.8 Å². The Balaban J connectivity index is 1.22. The van der Waals surface area contributed by atoms with Crippen molar-refractivity contribution in [1.82, 2.24) is 14.4 Å². The highest BCUT2D eigenvalue weighted by atomic mass is 32.2. The number of carbonyl (C=O) groups excluding carboxylic acids is 1. The first-order valence-electron chi connectivity index (χ1n) is 13.1. The van der Waals surface area contributed by atoms with E-state index in [-0.39, 0.29) is 24.9 Å². The molecule has 41 heavy (non-hydrogen) atoms. The molecule has 2 aromatic carbocycles. The highest BCUT2D eigenvalue weighted by Crippen LogP contribution is 2.41. The van der Waals surface area contributed by atoms with Crippen molar-refractivity contribution in [1.29, 1.82) is 0 Å². The number of nitrogens with zero attached hydrogens (tertiary/aromatic N) is 1. The van der Waals surface area contributed by atoms with Gasteiger partial charge in [-0.15, -0.1) is 0 Å². The Kier molecular flexibility index (Phi) is 8.20. The van der Waals surface area contributed by atoms with Crippen LogP contribution >= 0.6 is 0 Å². The molecule has 2 heterocycles. The number of ether oxygens (including phenoxy) is 3. The zero-order valence-electron chi connectivity index (χ0n) is 22.6. The summed E-state index contributed by atoms with van der Waals surface area (Å²) in [4.78, 5) is 16.2. The highest BCUT2D eigenvalue weighted by molar-refractivity contribution is 7.90. The molecule has 1 aromatic heterocycles. The molecule has 0 radical (unpaired) electrons. The molecule has 1 saturated heterocycles. The Morgan fingerprint density at radius 3 is 2.54 bits per heavy atom. The van der Waals surface area contributed by atoms with Gasteiger partial charge in [0.1, 0.15) is 33.2 Å². The molecule has 218 valence electrons. The predicted molar refractivity (Wildman–Crippen MR) is 151 cm³/mol. The summed E-state index contributed by atoms with van der Waals surface area (Å²) in [6, 6.07) is 15.8. The van der Waals surface area contributed by atoms with Gasteiger partial charge in [0, 0.05) is 24.3 Å². The molecule has 1 aliphatic heterocycles. The van der Waals surface area contributed by atoms with Gasteiger partial charge < -0.3 is 14.2 Å². The SMILES string of the molecule is Cc1nc(OCCCS(C)(=O)=O)ccc1Oc1cccc2c1CC[C@H]2Oc1ccc(C2CC(=O)NS(=O)(=O)N2)cc1. The first kappa shape index (κ1) is 28.8. The molecule has 11 nitrogen and oxygen atoms in total. The number of sulfone groups is 1. The van der Waals surface area contributed by atoms with E-state index in [4.69, 9.17) is 14.2 Å². The highest BCUT2D eigenvalue weighted by Gasteiger charge is 2.30. The van der Waals surface area contributed by atoms with E-state index < -0.39 is 32.0 Å². The van der Waals surface area contributed by atoms with Gasteiger partial charge in [0.25, 0.3) is 0 Å². The van der Waals surface area contributed by atoms with Crippen LogP contribution in [0.3, 0.4) is 0 Å². The normalized spacial score (nSPS) is 19.7. The quantitative estimate of drug-likeness (QED) is 0.333. The second-order valence-electron chi connectivity index (χ2n) is 10.1. The van der Waals surface area contributed by atoms with E-state index in [0.29, 0.717) is 35.1 Å². The third-order valence-corrected chi connectivity index (χ3v) is 8.93. The lowest BCUT2D eigenvalue weighted by Crippen LogP contribution is -2.48. The average Bonchev–Trinajstić information content (AvgIpc) is 3.30. The molecule has 13 heteroatoms. The number of aromatic nitrogens is 1. The van der Waals surface area contributed by atoms with Crippen LogP contribution in [0.1, 0.15) is 53.8 Å². The minimum atomic E-state index is -3.85. The van der Waals surface area contributed by atoms with Crippen LogP contribution in [-0.4, -0.2) is 46.3 Å². The Hall–Kier alpha value is -3.68. The van der Waals surface area contributed by atoms with Gasteiger partial charge in [0.2, 0.25) is 11.8 Å². The molecule has 0 saturated carbocycles. The zero-order chi connectivity index (χ0) is 29.2. The monoisotopic (exact) mass is 601 g/mol. The Bertz CT molecular complexity index is 1660. The van der Waals surface area contributed by atoms with E-state index in [0.717, 1.165) is 29.7 Å². The van der Waals surface area contributed by atoms with Crippen molar-refractivity contribution in [2.75, 3.05) is 18.6 Å². The van der Waals surface area contributed by atoms with Crippen LogP contribution in [0.4, 0.5) is 0 Å². The molecule has 3 aromatic rings. The first-order valence-corrected chi connectivity index (χ1v) is 16.7. The summed E-state index contributed by atoms with van der Waals surface area (Å²) < 4.78 is 68.7. The standard InChI is InChI=1S/C28H31N3O8S2/c1-18-24(13-14-28(29-18)37-15-4-16-40(2,33)34)39-25-6-3-5-21-22(25)11-12-26(21)38-20-9-7-19(8-10-20)23-17-27(32)31-41(35,36)30-23/h3,5-10,13-14,23,26,30H,4,11-12,15-17H2,1-2H3,(H,31,32)/t23?,26-/m1/s1. The zero-order valence-corrected chi connectivity index (χ0v) is 24.3. The number of carbonyl (C=O) groups is 1. The van der Waals surface area contributed by atoms with Crippen molar-refractivity contribution >= 4 is 26.0 Å². The van der Waals surface area contributed by atoms with Gasteiger partial charge in [-0.3, -0.25) is 4.79 Å². The van der Waals surface area contributed by atoms with E-state index in [1.54, 1.807) is 36.4 Å². The number of fused-ring (bicyclic) bond motifs is 1. The van der Waals surface area contributed by atoms with Crippen LogP contribution in [0.2, 0.25) is 0 Å². The Morgan fingerprint density at radius 2 is 1.83 bits per heavy atom. The van der Waals surface area contributed by atoms with E-state index in [2.05, 4.69) is 9.71 Å². The lowest BCUT2D eigenvalue weighted by Gasteiger charge is -2.24. The van der Waals surface area contributed by atoms with Gasteiger partial charge in [-0.2, -0.15) is 13.1 Å². The molecule has 2 N–H and O–H groups in total. The molecule has 1 aliphatic carbocycles. The maximum atomic E-state index is 11.8. The van der Waals surface area contributed by atoms with Gasteiger partial charge >= 0.3 is 10.2 Å². The number of hydrogen-bond acceptors (Lipinski definition) is 9. The maximum Gasteiger partial charge on any atom is 0.301 e.